The molecule has 9 nitrogen and oxygen atoms in total. The molecule has 0 saturated carbocycles. The smallest absolute Gasteiger partial charge is 0.334 e. The maximum atomic E-state index is 12.3. The molecule has 1 aromatic carbocycles. The minimum absolute atomic E-state index is 0.148. The lowest BCUT2D eigenvalue weighted by atomic mass is 10.1. The first-order valence-electron chi connectivity index (χ1n) is 8.78. The van der Waals surface area contributed by atoms with E-state index in [4.69, 9.17) is 9.47 Å². The standard InChI is InChI=1S/C18H21N3O6/c1-3-6-20-16(23)17(24)21(18(20)25)10-15(22)19-11(2)12-4-5-13-14(9-12)27-8-7-26-13/h4-5,9,11H,3,6-8,10H2,1-2H3,(H,19,22)/t11-/m0/s1. The summed E-state index contributed by atoms with van der Waals surface area (Å²) in [6, 6.07) is 4.20. The number of fused-ring (bicyclic) bond motifs is 1. The molecule has 1 fully saturated rings. The Morgan fingerprint density at radius 2 is 1.78 bits per heavy atom. The van der Waals surface area contributed by atoms with Gasteiger partial charge >= 0.3 is 17.8 Å². The number of rotatable bonds is 6. The molecule has 1 saturated heterocycles. The van der Waals surface area contributed by atoms with Crippen LogP contribution in [0.25, 0.3) is 0 Å². The molecule has 0 unspecified atom stereocenters. The average Bonchev–Trinajstić information content (AvgIpc) is 2.86. The third-order valence-corrected chi connectivity index (χ3v) is 4.33. The van der Waals surface area contributed by atoms with Crippen LogP contribution < -0.4 is 14.8 Å². The van der Waals surface area contributed by atoms with E-state index in [1.807, 2.05) is 0 Å². The van der Waals surface area contributed by atoms with Crippen LogP contribution in [0.1, 0.15) is 31.9 Å². The molecule has 2 aliphatic rings. The zero-order valence-electron chi connectivity index (χ0n) is 15.2. The largest absolute Gasteiger partial charge is 0.486 e. The fraction of sp³-hybridized carbons (Fsp3) is 0.444. The van der Waals surface area contributed by atoms with Gasteiger partial charge in [-0.3, -0.25) is 19.3 Å². The summed E-state index contributed by atoms with van der Waals surface area (Å²) in [5.74, 6) is -1.16. The van der Waals surface area contributed by atoms with Gasteiger partial charge in [0, 0.05) is 6.54 Å². The maximum absolute atomic E-state index is 12.3. The van der Waals surface area contributed by atoms with Crippen molar-refractivity contribution in [1.82, 2.24) is 15.1 Å². The number of urea groups is 1. The number of benzene rings is 1. The van der Waals surface area contributed by atoms with Crippen LogP contribution in [0.4, 0.5) is 4.79 Å². The molecule has 27 heavy (non-hydrogen) atoms. The Morgan fingerprint density at radius 3 is 2.48 bits per heavy atom. The summed E-state index contributed by atoms with van der Waals surface area (Å²) in [4.78, 5) is 49.8. The Labute approximate surface area is 156 Å². The third-order valence-electron chi connectivity index (χ3n) is 4.33. The molecule has 2 aliphatic heterocycles. The van der Waals surface area contributed by atoms with Crippen LogP contribution in [0.2, 0.25) is 0 Å². The van der Waals surface area contributed by atoms with Gasteiger partial charge in [0.25, 0.3) is 0 Å². The van der Waals surface area contributed by atoms with Crippen molar-refractivity contribution in [3.05, 3.63) is 23.8 Å². The van der Waals surface area contributed by atoms with Crippen molar-refractivity contribution >= 4 is 23.8 Å². The summed E-state index contributed by atoms with van der Waals surface area (Å²) in [5, 5.41) is 2.72. The quantitative estimate of drug-likeness (QED) is 0.583. The molecular formula is C18H21N3O6. The number of nitrogens with one attached hydrogen (secondary N) is 1. The number of nitrogens with zero attached hydrogens (tertiary/aromatic N) is 2. The average molecular weight is 375 g/mol. The van der Waals surface area contributed by atoms with Gasteiger partial charge in [0.1, 0.15) is 19.8 Å². The summed E-state index contributed by atoms with van der Waals surface area (Å²) in [7, 11) is 0. The zero-order valence-corrected chi connectivity index (χ0v) is 15.2. The number of amides is 5. The Bertz CT molecular complexity index is 793. The summed E-state index contributed by atoms with van der Waals surface area (Å²) >= 11 is 0. The SMILES string of the molecule is CCCN1C(=O)C(=O)N(CC(=O)N[C@@H](C)c2ccc3c(c2)OCCO3)C1=O. The summed E-state index contributed by atoms with van der Waals surface area (Å²) in [5.41, 5.74) is 0.787. The monoisotopic (exact) mass is 375 g/mol. The molecule has 0 aliphatic carbocycles. The Balaban J connectivity index is 1.63. The Hall–Kier alpha value is -3.10. The molecule has 0 aromatic heterocycles. The zero-order chi connectivity index (χ0) is 19.6. The normalized spacial score (nSPS) is 17.3. The molecule has 9 heteroatoms. The second-order valence-corrected chi connectivity index (χ2v) is 6.32. The van der Waals surface area contributed by atoms with Crippen molar-refractivity contribution in [3.63, 3.8) is 0 Å². The van der Waals surface area contributed by atoms with Crippen molar-refractivity contribution < 1.29 is 28.7 Å². The van der Waals surface area contributed by atoms with Crippen LogP contribution in [-0.2, 0) is 14.4 Å². The molecule has 2 heterocycles. The van der Waals surface area contributed by atoms with Gasteiger partial charge < -0.3 is 14.8 Å². The molecule has 0 radical (unpaired) electrons. The highest BCUT2D eigenvalue weighted by atomic mass is 16.6. The van der Waals surface area contributed by atoms with Gasteiger partial charge in [0.05, 0.1) is 6.04 Å². The minimum Gasteiger partial charge on any atom is -0.486 e. The predicted molar refractivity (Wildman–Crippen MR) is 93.1 cm³/mol. The van der Waals surface area contributed by atoms with Gasteiger partial charge in [-0.25, -0.2) is 9.69 Å². The van der Waals surface area contributed by atoms with Gasteiger partial charge in [0.2, 0.25) is 5.91 Å². The van der Waals surface area contributed by atoms with E-state index >= 15 is 0 Å². The highest BCUT2D eigenvalue weighted by Crippen LogP contribution is 2.32. The minimum atomic E-state index is -0.976. The molecule has 5 amide bonds. The topological polar surface area (TPSA) is 105 Å². The predicted octanol–water partition coefficient (Wildman–Crippen LogP) is 0.836. The third kappa shape index (κ3) is 3.71. The molecule has 1 aromatic rings. The molecule has 1 N–H and O–H groups in total. The first kappa shape index (κ1) is 18.7. The second kappa shape index (κ2) is 7.65. The van der Waals surface area contributed by atoms with E-state index in [0.717, 1.165) is 10.5 Å². The van der Waals surface area contributed by atoms with E-state index in [1.165, 1.54) is 0 Å². The van der Waals surface area contributed by atoms with Crippen molar-refractivity contribution in [2.45, 2.75) is 26.3 Å². The number of carbonyl (C=O) groups excluding carboxylic acids is 4. The Kier molecular flexibility index (Phi) is 5.29. The fourth-order valence-electron chi connectivity index (χ4n) is 2.95. The lowest BCUT2D eigenvalue weighted by Crippen LogP contribution is -2.42. The van der Waals surface area contributed by atoms with Crippen molar-refractivity contribution in [2.75, 3.05) is 26.3 Å². The van der Waals surface area contributed by atoms with Crippen molar-refractivity contribution in [2.24, 2.45) is 0 Å². The van der Waals surface area contributed by atoms with Gasteiger partial charge in [-0.2, -0.15) is 0 Å². The summed E-state index contributed by atoms with van der Waals surface area (Å²) < 4.78 is 11.0. The highest BCUT2D eigenvalue weighted by molar-refractivity contribution is 6.45. The molecular weight excluding hydrogens is 354 g/mol. The number of carbonyl (C=O) groups is 4. The number of hydrogen-bond donors (Lipinski definition) is 1. The highest BCUT2D eigenvalue weighted by Gasteiger charge is 2.44. The van der Waals surface area contributed by atoms with E-state index in [2.05, 4.69) is 5.32 Å². The molecule has 3 rings (SSSR count). The van der Waals surface area contributed by atoms with Gasteiger partial charge in [-0.1, -0.05) is 13.0 Å². The van der Waals surface area contributed by atoms with Crippen LogP contribution in [0, 0.1) is 0 Å². The van der Waals surface area contributed by atoms with Gasteiger partial charge in [-0.05, 0) is 31.0 Å². The summed E-state index contributed by atoms with van der Waals surface area (Å²) in [6.45, 7) is 4.15. The van der Waals surface area contributed by atoms with E-state index < -0.39 is 30.3 Å². The van der Waals surface area contributed by atoms with Crippen LogP contribution in [0.5, 0.6) is 11.5 Å². The fourth-order valence-corrected chi connectivity index (χ4v) is 2.95. The van der Waals surface area contributed by atoms with E-state index in [1.54, 1.807) is 32.0 Å². The molecule has 144 valence electrons. The van der Waals surface area contributed by atoms with E-state index in [9.17, 15) is 19.2 Å². The van der Waals surface area contributed by atoms with Crippen LogP contribution >= 0.6 is 0 Å². The number of ether oxygens (including phenoxy) is 2. The second-order valence-electron chi connectivity index (χ2n) is 6.32. The molecule has 1 atom stereocenters. The maximum Gasteiger partial charge on any atom is 0.334 e. The van der Waals surface area contributed by atoms with Crippen LogP contribution in [-0.4, -0.2) is 59.9 Å². The molecule has 0 spiro atoms. The van der Waals surface area contributed by atoms with Gasteiger partial charge in [-0.15, -0.1) is 0 Å². The van der Waals surface area contributed by atoms with Crippen LogP contribution in [0.3, 0.4) is 0 Å². The van der Waals surface area contributed by atoms with Crippen molar-refractivity contribution in [3.8, 4) is 11.5 Å². The molecule has 0 bridgehead atoms. The van der Waals surface area contributed by atoms with E-state index in [-0.39, 0.29) is 12.6 Å². The van der Waals surface area contributed by atoms with E-state index in [0.29, 0.717) is 36.0 Å². The lowest BCUT2D eigenvalue weighted by Gasteiger charge is -2.21. The summed E-state index contributed by atoms with van der Waals surface area (Å²) in [6.07, 6.45) is 0.534. The Morgan fingerprint density at radius 1 is 1.11 bits per heavy atom. The van der Waals surface area contributed by atoms with Gasteiger partial charge in [0.15, 0.2) is 11.5 Å². The first-order chi connectivity index (χ1) is 12.9. The van der Waals surface area contributed by atoms with Crippen molar-refractivity contribution in [1.29, 1.82) is 0 Å². The number of imide groups is 2. The lowest BCUT2D eigenvalue weighted by molar-refractivity contribution is -0.144. The number of hydrogen-bond acceptors (Lipinski definition) is 6. The first-order valence-corrected chi connectivity index (χ1v) is 8.78. The van der Waals surface area contributed by atoms with Crippen LogP contribution in [0.15, 0.2) is 18.2 Å².